The van der Waals surface area contributed by atoms with Crippen LogP contribution >= 0.6 is 0 Å². The third kappa shape index (κ3) is 2.26. The molecule has 0 heterocycles. The van der Waals surface area contributed by atoms with Gasteiger partial charge in [-0.1, -0.05) is 48.5 Å². The summed E-state index contributed by atoms with van der Waals surface area (Å²) >= 11 is 0. The Morgan fingerprint density at radius 3 is 2.15 bits per heavy atom. The Hall–Kier alpha value is -2.33. The first-order valence-electron chi connectivity index (χ1n) is 6.32. The molecule has 0 aromatic heterocycles. The summed E-state index contributed by atoms with van der Waals surface area (Å²) in [5.74, 6) is -0.794. The van der Waals surface area contributed by atoms with Crippen molar-refractivity contribution in [3.8, 4) is 0 Å². The summed E-state index contributed by atoms with van der Waals surface area (Å²) in [6.45, 7) is 0. The number of anilines is 1. The van der Waals surface area contributed by atoms with Gasteiger partial charge in [0.25, 0.3) is 5.91 Å². The molecule has 0 saturated heterocycles. The lowest BCUT2D eigenvalue weighted by Crippen LogP contribution is -2.43. The molecule has 2 aromatic carbocycles. The van der Waals surface area contributed by atoms with Crippen LogP contribution in [0.15, 0.2) is 54.6 Å². The molecule has 4 heteroatoms. The van der Waals surface area contributed by atoms with Crippen LogP contribution in [0.25, 0.3) is 0 Å². The molecule has 0 saturated carbocycles. The van der Waals surface area contributed by atoms with Gasteiger partial charge in [-0.3, -0.25) is 4.79 Å². The lowest BCUT2D eigenvalue weighted by atomic mass is 9.84. The number of primary amides is 1. The molecule has 0 aliphatic rings. The molecule has 1 unspecified atom stereocenters. The van der Waals surface area contributed by atoms with Crippen LogP contribution in [0.1, 0.15) is 11.1 Å². The number of hydrogen-bond donors (Lipinski definition) is 2. The fourth-order valence-electron chi connectivity index (χ4n) is 2.28. The van der Waals surface area contributed by atoms with Crippen molar-refractivity contribution in [1.82, 2.24) is 0 Å². The van der Waals surface area contributed by atoms with Crippen LogP contribution in [0, 0.1) is 0 Å². The number of carbonyl (C=O) groups is 1. The minimum absolute atomic E-state index is 0.460. The van der Waals surface area contributed by atoms with Crippen molar-refractivity contribution in [2.45, 2.75) is 5.60 Å². The smallest absolute Gasteiger partial charge is 0.258 e. The molecule has 1 amide bonds. The summed E-state index contributed by atoms with van der Waals surface area (Å²) in [5, 5.41) is 11.0. The van der Waals surface area contributed by atoms with E-state index in [4.69, 9.17) is 5.73 Å². The molecule has 20 heavy (non-hydrogen) atoms. The minimum Gasteiger partial charge on any atom is -0.377 e. The molecule has 104 valence electrons. The second kappa shape index (κ2) is 5.35. The number of benzene rings is 2. The van der Waals surface area contributed by atoms with Crippen LogP contribution in [-0.2, 0) is 10.4 Å². The number of nitrogens with two attached hydrogens (primary N) is 1. The lowest BCUT2D eigenvalue weighted by Gasteiger charge is -2.30. The zero-order chi connectivity index (χ0) is 14.8. The first kappa shape index (κ1) is 14.1. The van der Waals surface area contributed by atoms with Crippen molar-refractivity contribution in [2.75, 3.05) is 19.0 Å². The van der Waals surface area contributed by atoms with Crippen molar-refractivity contribution in [1.29, 1.82) is 0 Å². The Morgan fingerprint density at radius 2 is 1.60 bits per heavy atom. The third-order valence-electron chi connectivity index (χ3n) is 3.32. The van der Waals surface area contributed by atoms with E-state index >= 15 is 0 Å². The van der Waals surface area contributed by atoms with Crippen LogP contribution < -0.4 is 10.6 Å². The maximum atomic E-state index is 12.0. The fourth-order valence-corrected chi connectivity index (χ4v) is 2.28. The zero-order valence-corrected chi connectivity index (χ0v) is 11.6. The first-order chi connectivity index (χ1) is 9.48. The summed E-state index contributed by atoms with van der Waals surface area (Å²) < 4.78 is 0. The van der Waals surface area contributed by atoms with Crippen molar-refractivity contribution < 1.29 is 9.90 Å². The summed E-state index contributed by atoms with van der Waals surface area (Å²) in [5.41, 5.74) is 5.33. The molecule has 2 rings (SSSR count). The Bertz CT molecular complexity index is 611. The van der Waals surface area contributed by atoms with Gasteiger partial charge < -0.3 is 15.7 Å². The molecule has 0 radical (unpaired) electrons. The van der Waals surface area contributed by atoms with E-state index in [9.17, 15) is 9.90 Å². The summed E-state index contributed by atoms with van der Waals surface area (Å²) in [6.07, 6.45) is 0. The molecule has 0 spiro atoms. The average molecular weight is 270 g/mol. The van der Waals surface area contributed by atoms with Gasteiger partial charge in [-0.05, 0) is 11.6 Å². The molecule has 1 atom stereocenters. The van der Waals surface area contributed by atoms with E-state index in [0.717, 1.165) is 5.69 Å². The molecule has 3 N–H and O–H groups in total. The molecule has 0 aliphatic carbocycles. The second-order valence-corrected chi connectivity index (χ2v) is 4.85. The molecule has 4 nitrogen and oxygen atoms in total. The fraction of sp³-hybridized carbons (Fsp3) is 0.188. The molecule has 0 bridgehead atoms. The predicted octanol–water partition coefficient (Wildman–Crippen LogP) is 1.47. The molecular formula is C16H18N2O2. The highest BCUT2D eigenvalue weighted by atomic mass is 16.3. The van der Waals surface area contributed by atoms with Crippen molar-refractivity contribution in [2.24, 2.45) is 5.73 Å². The Kier molecular flexibility index (Phi) is 3.77. The largest absolute Gasteiger partial charge is 0.377 e. The summed E-state index contributed by atoms with van der Waals surface area (Å²) in [4.78, 5) is 13.8. The van der Waals surface area contributed by atoms with Crippen LogP contribution in [0.3, 0.4) is 0 Å². The van der Waals surface area contributed by atoms with E-state index < -0.39 is 11.5 Å². The molecule has 0 fully saturated rings. The van der Waals surface area contributed by atoms with E-state index in [0.29, 0.717) is 11.1 Å². The van der Waals surface area contributed by atoms with Gasteiger partial charge in [-0.15, -0.1) is 0 Å². The van der Waals surface area contributed by atoms with Gasteiger partial charge in [-0.2, -0.15) is 0 Å². The topological polar surface area (TPSA) is 66.6 Å². The normalized spacial score (nSPS) is 13.6. The monoisotopic (exact) mass is 270 g/mol. The highest BCUT2D eigenvalue weighted by molar-refractivity contribution is 5.90. The lowest BCUT2D eigenvalue weighted by molar-refractivity contribution is -0.133. The SMILES string of the molecule is CN(C)c1ccccc1C(O)(C(N)=O)c1ccccc1. The number of aliphatic hydroxyl groups is 1. The Balaban J connectivity index is 2.70. The van der Waals surface area contributed by atoms with Gasteiger partial charge in [0.2, 0.25) is 0 Å². The van der Waals surface area contributed by atoms with Gasteiger partial charge in [0.15, 0.2) is 5.60 Å². The van der Waals surface area contributed by atoms with Gasteiger partial charge in [0, 0.05) is 25.3 Å². The van der Waals surface area contributed by atoms with E-state index in [2.05, 4.69) is 0 Å². The number of hydrogen-bond acceptors (Lipinski definition) is 3. The number of para-hydroxylation sites is 1. The minimum atomic E-state index is -1.85. The van der Waals surface area contributed by atoms with Crippen LogP contribution in [0.4, 0.5) is 5.69 Å². The first-order valence-corrected chi connectivity index (χ1v) is 6.32. The van der Waals surface area contributed by atoms with Gasteiger partial charge >= 0.3 is 0 Å². The van der Waals surface area contributed by atoms with Crippen molar-refractivity contribution >= 4 is 11.6 Å². The van der Waals surface area contributed by atoms with Crippen LogP contribution in [-0.4, -0.2) is 25.1 Å². The van der Waals surface area contributed by atoms with Crippen molar-refractivity contribution in [3.05, 3.63) is 65.7 Å². The maximum absolute atomic E-state index is 12.0. The third-order valence-corrected chi connectivity index (χ3v) is 3.32. The molecule has 2 aromatic rings. The standard InChI is InChI=1S/C16H18N2O2/c1-18(2)14-11-7-6-10-13(14)16(20,15(17)19)12-8-4-3-5-9-12/h3-11,20H,1-2H3,(H2,17,19). The molecular weight excluding hydrogens is 252 g/mol. The van der Waals surface area contributed by atoms with Gasteiger partial charge in [0.05, 0.1) is 0 Å². The predicted molar refractivity (Wildman–Crippen MR) is 79.4 cm³/mol. The number of rotatable bonds is 4. The number of carbonyl (C=O) groups excluding carboxylic acids is 1. The van der Waals surface area contributed by atoms with E-state index in [-0.39, 0.29) is 0 Å². The summed E-state index contributed by atoms with van der Waals surface area (Å²) in [6, 6.07) is 15.9. The van der Waals surface area contributed by atoms with Crippen LogP contribution in [0.2, 0.25) is 0 Å². The number of amides is 1. The average Bonchev–Trinajstić information content (AvgIpc) is 2.47. The van der Waals surface area contributed by atoms with Gasteiger partial charge in [-0.25, -0.2) is 0 Å². The Morgan fingerprint density at radius 1 is 1.05 bits per heavy atom. The Labute approximate surface area is 118 Å². The molecule has 0 aliphatic heterocycles. The number of nitrogens with zero attached hydrogens (tertiary/aromatic N) is 1. The zero-order valence-electron chi connectivity index (χ0n) is 11.6. The summed E-state index contributed by atoms with van der Waals surface area (Å²) in [7, 11) is 3.70. The van der Waals surface area contributed by atoms with Crippen LogP contribution in [0.5, 0.6) is 0 Å². The highest BCUT2D eigenvalue weighted by Crippen LogP contribution is 2.35. The highest BCUT2D eigenvalue weighted by Gasteiger charge is 2.40. The van der Waals surface area contributed by atoms with E-state index in [1.807, 2.05) is 37.2 Å². The maximum Gasteiger partial charge on any atom is 0.258 e. The van der Waals surface area contributed by atoms with Crippen molar-refractivity contribution in [3.63, 3.8) is 0 Å². The quantitative estimate of drug-likeness (QED) is 0.884. The van der Waals surface area contributed by atoms with E-state index in [1.54, 1.807) is 36.4 Å². The van der Waals surface area contributed by atoms with Gasteiger partial charge in [0.1, 0.15) is 0 Å². The second-order valence-electron chi connectivity index (χ2n) is 4.85. The van der Waals surface area contributed by atoms with E-state index in [1.165, 1.54) is 0 Å².